The van der Waals surface area contributed by atoms with Crippen LogP contribution in [-0.4, -0.2) is 25.7 Å². The van der Waals surface area contributed by atoms with Crippen LogP contribution in [0.25, 0.3) is 11.4 Å². The van der Waals surface area contributed by atoms with Crippen LogP contribution in [0.15, 0.2) is 82.2 Å². The quantitative estimate of drug-likeness (QED) is 0.461. The van der Waals surface area contributed by atoms with Gasteiger partial charge in [-0.05, 0) is 66.6 Å². The smallest absolute Gasteiger partial charge is 0.261 e. The first-order valence-corrected chi connectivity index (χ1v) is 11.1. The highest BCUT2D eigenvalue weighted by Gasteiger charge is 2.15. The molecular weight excluding hydrogens is 414 g/mol. The van der Waals surface area contributed by atoms with Crippen LogP contribution < -0.4 is 9.46 Å². The van der Waals surface area contributed by atoms with Gasteiger partial charge in [0.1, 0.15) is 5.75 Å². The number of anilines is 1. The molecule has 4 aromatic rings. The standard InChI is InChI=1S/C23H21N3O4S/c1-16-5-3-4-6-18(16)15-22-24-23(25-30-22)17-7-9-19(10-8-17)26-31(27,28)21-13-11-20(29-2)12-14-21/h3-14,26H,15H2,1-2H3. The summed E-state index contributed by atoms with van der Waals surface area (Å²) < 4.78 is 38.1. The molecule has 0 saturated carbocycles. The molecule has 0 bridgehead atoms. The van der Waals surface area contributed by atoms with E-state index in [-0.39, 0.29) is 4.90 Å². The average molecular weight is 436 g/mol. The lowest BCUT2D eigenvalue weighted by molar-refractivity contribution is 0.385. The van der Waals surface area contributed by atoms with Crippen molar-refractivity contribution in [3.63, 3.8) is 0 Å². The fourth-order valence-electron chi connectivity index (χ4n) is 3.07. The molecule has 0 aliphatic rings. The third kappa shape index (κ3) is 4.75. The van der Waals surface area contributed by atoms with Crippen LogP contribution in [0.5, 0.6) is 5.75 Å². The van der Waals surface area contributed by atoms with Gasteiger partial charge in [-0.2, -0.15) is 4.98 Å². The van der Waals surface area contributed by atoms with E-state index >= 15 is 0 Å². The van der Waals surface area contributed by atoms with Crippen LogP contribution in [0.4, 0.5) is 5.69 Å². The Morgan fingerprint density at radius 3 is 2.35 bits per heavy atom. The minimum Gasteiger partial charge on any atom is -0.497 e. The number of ether oxygens (including phenoxy) is 1. The van der Waals surface area contributed by atoms with Crippen molar-refractivity contribution in [2.75, 3.05) is 11.8 Å². The van der Waals surface area contributed by atoms with E-state index < -0.39 is 10.0 Å². The molecule has 0 radical (unpaired) electrons. The van der Waals surface area contributed by atoms with Crippen molar-refractivity contribution in [3.05, 3.63) is 89.8 Å². The first kappa shape index (κ1) is 20.6. The van der Waals surface area contributed by atoms with Crippen molar-refractivity contribution in [1.82, 2.24) is 10.1 Å². The second-order valence-electron chi connectivity index (χ2n) is 6.97. The molecule has 0 aliphatic carbocycles. The molecule has 158 valence electrons. The van der Waals surface area contributed by atoms with E-state index in [2.05, 4.69) is 14.9 Å². The van der Waals surface area contributed by atoms with Crippen molar-refractivity contribution in [2.45, 2.75) is 18.2 Å². The van der Waals surface area contributed by atoms with Crippen LogP contribution >= 0.6 is 0 Å². The topological polar surface area (TPSA) is 94.3 Å². The lowest BCUT2D eigenvalue weighted by atomic mass is 10.1. The second kappa shape index (κ2) is 8.61. The Kier molecular flexibility index (Phi) is 5.73. The monoisotopic (exact) mass is 435 g/mol. The minimum atomic E-state index is -3.71. The highest BCUT2D eigenvalue weighted by atomic mass is 32.2. The maximum absolute atomic E-state index is 12.6. The molecule has 1 N–H and O–H groups in total. The molecule has 3 aromatic carbocycles. The Labute approximate surface area is 180 Å². The lowest BCUT2D eigenvalue weighted by Crippen LogP contribution is -2.12. The molecule has 4 rings (SSSR count). The van der Waals surface area contributed by atoms with Gasteiger partial charge in [0, 0.05) is 11.3 Å². The molecule has 0 unspecified atom stereocenters. The van der Waals surface area contributed by atoms with Gasteiger partial charge in [-0.25, -0.2) is 8.42 Å². The summed E-state index contributed by atoms with van der Waals surface area (Å²) >= 11 is 0. The molecular formula is C23H21N3O4S. The summed E-state index contributed by atoms with van der Waals surface area (Å²) in [6.07, 6.45) is 0.555. The van der Waals surface area contributed by atoms with Crippen molar-refractivity contribution in [2.24, 2.45) is 0 Å². The molecule has 0 fully saturated rings. The number of hydrogen-bond acceptors (Lipinski definition) is 6. The van der Waals surface area contributed by atoms with Gasteiger partial charge in [-0.3, -0.25) is 4.72 Å². The first-order chi connectivity index (χ1) is 14.9. The molecule has 0 aliphatic heterocycles. The van der Waals surface area contributed by atoms with Gasteiger partial charge in [0.25, 0.3) is 10.0 Å². The third-order valence-corrected chi connectivity index (χ3v) is 6.23. The van der Waals surface area contributed by atoms with Crippen molar-refractivity contribution in [1.29, 1.82) is 0 Å². The molecule has 1 heterocycles. The van der Waals surface area contributed by atoms with Crippen molar-refractivity contribution >= 4 is 15.7 Å². The fraction of sp³-hybridized carbons (Fsp3) is 0.130. The van der Waals surface area contributed by atoms with Crippen LogP contribution in [-0.2, 0) is 16.4 Å². The maximum atomic E-state index is 12.6. The molecule has 0 atom stereocenters. The Morgan fingerprint density at radius 2 is 1.68 bits per heavy atom. The number of nitrogens with zero attached hydrogens (tertiary/aromatic N) is 2. The molecule has 0 saturated heterocycles. The second-order valence-corrected chi connectivity index (χ2v) is 8.66. The van der Waals surface area contributed by atoms with Gasteiger partial charge in [-0.15, -0.1) is 0 Å². The number of hydrogen-bond donors (Lipinski definition) is 1. The Hall–Kier alpha value is -3.65. The van der Waals surface area contributed by atoms with Crippen LogP contribution in [0.1, 0.15) is 17.0 Å². The first-order valence-electron chi connectivity index (χ1n) is 9.59. The zero-order valence-electron chi connectivity index (χ0n) is 17.1. The van der Waals surface area contributed by atoms with E-state index in [1.165, 1.54) is 19.2 Å². The zero-order valence-corrected chi connectivity index (χ0v) is 17.9. The van der Waals surface area contributed by atoms with E-state index in [1.807, 2.05) is 31.2 Å². The predicted octanol–water partition coefficient (Wildman–Crippen LogP) is 4.45. The van der Waals surface area contributed by atoms with Crippen LogP contribution in [0.3, 0.4) is 0 Å². The summed E-state index contributed by atoms with van der Waals surface area (Å²) in [5.74, 6) is 1.56. The normalized spacial score (nSPS) is 11.3. The Morgan fingerprint density at radius 1 is 0.968 bits per heavy atom. The van der Waals surface area contributed by atoms with E-state index in [0.29, 0.717) is 29.6 Å². The van der Waals surface area contributed by atoms with Gasteiger partial charge >= 0.3 is 0 Å². The largest absolute Gasteiger partial charge is 0.497 e. The Balaban J connectivity index is 1.47. The van der Waals surface area contributed by atoms with Crippen LogP contribution in [0.2, 0.25) is 0 Å². The molecule has 8 heteroatoms. The lowest BCUT2D eigenvalue weighted by Gasteiger charge is -2.09. The number of benzene rings is 3. The maximum Gasteiger partial charge on any atom is 0.261 e. The van der Waals surface area contributed by atoms with Gasteiger partial charge in [-0.1, -0.05) is 29.4 Å². The molecule has 0 spiro atoms. The summed E-state index contributed by atoms with van der Waals surface area (Å²) in [6.45, 7) is 2.04. The van der Waals surface area contributed by atoms with Gasteiger partial charge in [0.05, 0.1) is 18.4 Å². The molecule has 7 nitrogen and oxygen atoms in total. The van der Waals surface area contributed by atoms with E-state index in [0.717, 1.165) is 16.7 Å². The van der Waals surface area contributed by atoms with E-state index in [1.54, 1.807) is 36.4 Å². The van der Waals surface area contributed by atoms with Crippen molar-refractivity contribution < 1.29 is 17.7 Å². The predicted molar refractivity (Wildman–Crippen MR) is 118 cm³/mol. The number of rotatable bonds is 7. The highest BCUT2D eigenvalue weighted by molar-refractivity contribution is 7.92. The van der Waals surface area contributed by atoms with E-state index in [4.69, 9.17) is 9.26 Å². The summed E-state index contributed by atoms with van der Waals surface area (Å²) in [6, 6.07) is 21.0. The van der Waals surface area contributed by atoms with Gasteiger partial charge < -0.3 is 9.26 Å². The summed E-state index contributed by atoms with van der Waals surface area (Å²) in [5, 5.41) is 4.04. The number of aryl methyl sites for hydroxylation is 1. The zero-order chi connectivity index (χ0) is 21.8. The van der Waals surface area contributed by atoms with Crippen molar-refractivity contribution in [3.8, 4) is 17.1 Å². The number of sulfonamides is 1. The summed E-state index contributed by atoms with van der Waals surface area (Å²) in [5.41, 5.74) is 3.45. The molecule has 0 amide bonds. The average Bonchev–Trinajstić information content (AvgIpc) is 3.24. The SMILES string of the molecule is COc1ccc(S(=O)(=O)Nc2ccc(-c3noc(Cc4ccccc4C)n3)cc2)cc1. The number of aromatic nitrogens is 2. The third-order valence-electron chi connectivity index (χ3n) is 4.84. The Bertz CT molecular complexity index is 1280. The van der Waals surface area contributed by atoms with Gasteiger partial charge in [0.2, 0.25) is 11.7 Å². The number of methoxy groups -OCH3 is 1. The molecule has 1 aromatic heterocycles. The summed E-state index contributed by atoms with van der Waals surface area (Å²) in [4.78, 5) is 4.61. The number of nitrogens with one attached hydrogen (secondary N) is 1. The van der Waals surface area contributed by atoms with E-state index in [9.17, 15) is 8.42 Å². The highest BCUT2D eigenvalue weighted by Crippen LogP contribution is 2.23. The summed E-state index contributed by atoms with van der Waals surface area (Å²) in [7, 11) is -2.18. The fourth-order valence-corrected chi connectivity index (χ4v) is 4.13. The molecule has 31 heavy (non-hydrogen) atoms. The minimum absolute atomic E-state index is 0.149. The van der Waals surface area contributed by atoms with Gasteiger partial charge in [0.15, 0.2) is 0 Å². The van der Waals surface area contributed by atoms with Crippen LogP contribution in [0, 0.1) is 6.92 Å².